The van der Waals surface area contributed by atoms with Crippen molar-refractivity contribution in [1.29, 1.82) is 0 Å². The molecule has 2 aromatic carbocycles. The van der Waals surface area contributed by atoms with E-state index in [4.69, 9.17) is 14.2 Å². The highest BCUT2D eigenvalue weighted by molar-refractivity contribution is 5.93. The zero-order valence-corrected chi connectivity index (χ0v) is 15.5. The standard InChI is InChI=1S/C20H20N2O6/c1-12(28-20(25)15-4-6-16(7-5-15)22-13(2)23)19(24)21-10-14-3-8-17-18(9-14)27-11-26-17/h3-9,12H,10-11H2,1-2H3,(H,21,24)(H,22,23). The van der Waals surface area contributed by atoms with Gasteiger partial charge in [0.2, 0.25) is 12.7 Å². The quantitative estimate of drug-likeness (QED) is 0.741. The van der Waals surface area contributed by atoms with Crippen molar-refractivity contribution < 1.29 is 28.6 Å². The summed E-state index contributed by atoms with van der Waals surface area (Å²) in [5.74, 6) is 0.0555. The highest BCUT2D eigenvalue weighted by Crippen LogP contribution is 2.32. The molecular weight excluding hydrogens is 364 g/mol. The molecule has 0 radical (unpaired) electrons. The van der Waals surface area contributed by atoms with E-state index >= 15 is 0 Å². The monoisotopic (exact) mass is 384 g/mol. The fourth-order valence-electron chi connectivity index (χ4n) is 2.56. The van der Waals surface area contributed by atoms with Crippen molar-refractivity contribution in [3.05, 3.63) is 53.6 Å². The van der Waals surface area contributed by atoms with E-state index in [0.717, 1.165) is 5.56 Å². The molecule has 0 fully saturated rings. The molecule has 3 rings (SSSR count). The third-order valence-corrected chi connectivity index (χ3v) is 4.00. The smallest absolute Gasteiger partial charge is 0.338 e. The Morgan fingerprint density at radius 2 is 1.79 bits per heavy atom. The molecule has 1 unspecified atom stereocenters. The van der Waals surface area contributed by atoms with Crippen LogP contribution in [0.2, 0.25) is 0 Å². The van der Waals surface area contributed by atoms with E-state index in [9.17, 15) is 14.4 Å². The van der Waals surface area contributed by atoms with Crippen LogP contribution in [0.3, 0.4) is 0 Å². The minimum atomic E-state index is -0.962. The van der Waals surface area contributed by atoms with E-state index in [1.54, 1.807) is 24.3 Å². The lowest BCUT2D eigenvalue weighted by atomic mass is 10.2. The molecule has 0 saturated carbocycles. The van der Waals surface area contributed by atoms with Crippen LogP contribution in [-0.2, 0) is 20.9 Å². The van der Waals surface area contributed by atoms with Gasteiger partial charge in [-0.25, -0.2) is 4.79 Å². The van der Waals surface area contributed by atoms with Gasteiger partial charge in [0.05, 0.1) is 5.56 Å². The number of rotatable bonds is 6. The average molecular weight is 384 g/mol. The van der Waals surface area contributed by atoms with Crippen molar-refractivity contribution in [2.75, 3.05) is 12.1 Å². The van der Waals surface area contributed by atoms with Gasteiger partial charge in [-0.05, 0) is 48.9 Å². The Morgan fingerprint density at radius 1 is 1.07 bits per heavy atom. The maximum atomic E-state index is 12.2. The van der Waals surface area contributed by atoms with E-state index in [1.165, 1.54) is 26.0 Å². The Bertz CT molecular complexity index is 894. The maximum absolute atomic E-state index is 12.2. The molecule has 2 N–H and O–H groups in total. The van der Waals surface area contributed by atoms with Crippen LogP contribution in [0.5, 0.6) is 11.5 Å². The summed E-state index contributed by atoms with van der Waals surface area (Å²) in [5, 5.41) is 5.32. The third-order valence-electron chi connectivity index (χ3n) is 4.00. The number of carbonyl (C=O) groups excluding carboxylic acids is 3. The third kappa shape index (κ3) is 4.79. The van der Waals surface area contributed by atoms with Gasteiger partial charge in [-0.15, -0.1) is 0 Å². The Balaban J connectivity index is 1.50. The SMILES string of the molecule is CC(=O)Nc1ccc(C(=O)OC(C)C(=O)NCc2ccc3c(c2)OCO3)cc1. The van der Waals surface area contributed by atoms with Crippen LogP contribution in [0.4, 0.5) is 5.69 Å². The van der Waals surface area contributed by atoms with E-state index < -0.39 is 18.0 Å². The van der Waals surface area contributed by atoms with E-state index in [1.807, 2.05) is 6.07 Å². The van der Waals surface area contributed by atoms with Crippen molar-refractivity contribution in [1.82, 2.24) is 5.32 Å². The number of hydrogen-bond acceptors (Lipinski definition) is 6. The summed E-state index contributed by atoms with van der Waals surface area (Å²) in [6.45, 7) is 3.34. The zero-order valence-electron chi connectivity index (χ0n) is 15.5. The first-order valence-electron chi connectivity index (χ1n) is 8.67. The van der Waals surface area contributed by atoms with Crippen molar-refractivity contribution in [3.8, 4) is 11.5 Å². The predicted molar refractivity (Wildman–Crippen MR) is 100 cm³/mol. The van der Waals surface area contributed by atoms with Crippen LogP contribution in [0, 0.1) is 0 Å². The van der Waals surface area contributed by atoms with Gasteiger partial charge in [0, 0.05) is 19.2 Å². The lowest BCUT2D eigenvalue weighted by Gasteiger charge is -2.14. The number of fused-ring (bicyclic) bond motifs is 1. The fraction of sp³-hybridized carbons (Fsp3) is 0.250. The normalized spacial score (nSPS) is 12.8. The van der Waals surface area contributed by atoms with Gasteiger partial charge in [0.25, 0.3) is 5.91 Å². The van der Waals surface area contributed by atoms with Crippen LogP contribution in [-0.4, -0.2) is 30.7 Å². The molecule has 1 aliphatic rings. The van der Waals surface area contributed by atoms with Crippen LogP contribution < -0.4 is 20.1 Å². The van der Waals surface area contributed by atoms with Crippen LogP contribution in [0.15, 0.2) is 42.5 Å². The van der Waals surface area contributed by atoms with Crippen molar-refractivity contribution in [3.63, 3.8) is 0 Å². The summed E-state index contributed by atoms with van der Waals surface area (Å²) >= 11 is 0. The molecular formula is C20H20N2O6. The molecule has 2 aromatic rings. The lowest BCUT2D eigenvalue weighted by Crippen LogP contribution is -2.35. The topological polar surface area (TPSA) is 103 Å². The molecule has 0 aliphatic carbocycles. The molecule has 1 atom stereocenters. The first-order valence-corrected chi connectivity index (χ1v) is 8.67. The van der Waals surface area contributed by atoms with Crippen LogP contribution >= 0.6 is 0 Å². The Labute approximate surface area is 161 Å². The molecule has 28 heavy (non-hydrogen) atoms. The number of hydrogen-bond donors (Lipinski definition) is 2. The molecule has 8 nitrogen and oxygen atoms in total. The summed E-state index contributed by atoms with van der Waals surface area (Å²) in [4.78, 5) is 35.4. The van der Waals surface area contributed by atoms with Gasteiger partial charge in [0.1, 0.15) is 0 Å². The summed E-state index contributed by atoms with van der Waals surface area (Å²) < 4.78 is 15.7. The summed E-state index contributed by atoms with van der Waals surface area (Å²) in [6, 6.07) is 11.6. The van der Waals surface area contributed by atoms with Crippen LogP contribution in [0.25, 0.3) is 0 Å². The summed E-state index contributed by atoms with van der Waals surface area (Å²) in [7, 11) is 0. The second-order valence-corrected chi connectivity index (χ2v) is 6.21. The second kappa shape index (κ2) is 8.43. The van der Waals surface area contributed by atoms with E-state index in [0.29, 0.717) is 17.2 Å². The van der Waals surface area contributed by atoms with Crippen molar-refractivity contribution >= 4 is 23.5 Å². The molecule has 2 amide bonds. The number of carbonyl (C=O) groups is 3. The number of benzene rings is 2. The van der Waals surface area contributed by atoms with Gasteiger partial charge in [-0.1, -0.05) is 6.07 Å². The van der Waals surface area contributed by atoms with Gasteiger partial charge < -0.3 is 24.8 Å². The molecule has 0 aromatic heterocycles. The van der Waals surface area contributed by atoms with Gasteiger partial charge in [-0.3, -0.25) is 9.59 Å². The largest absolute Gasteiger partial charge is 0.454 e. The molecule has 0 bridgehead atoms. The molecule has 146 valence electrons. The minimum absolute atomic E-state index is 0.184. The molecule has 8 heteroatoms. The first kappa shape index (κ1) is 19.2. The number of anilines is 1. The Morgan fingerprint density at radius 3 is 2.50 bits per heavy atom. The molecule has 0 spiro atoms. The van der Waals surface area contributed by atoms with E-state index in [-0.39, 0.29) is 24.8 Å². The number of nitrogens with one attached hydrogen (secondary N) is 2. The minimum Gasteiger partial charge on any atom is -0.454 e. The van der Waals surface area contributed by atoms with Gasteiger partial charge >= 0.3 is 5.97 Å². The summed E-state index contributed by atoms with van der Waals surface area (Å²) in [5.41, 5.74) is 1.69. The van der Waals surface area contributed by atoms with Crippen molar-refractivity contribution in [2.45, 2.75) is 26.5 Å². The predicted octanol–water partition coefficient (Wildman–Crippen LogP) is 2.24. The molecule has 0 saturated heterocycles. The average Bonchev–Trinajstić information content (AvgIpc) is 3.13. The zero-order chi connectivity index (χ0) is 20.1. The molecule has 1 aliphatic heterocycles. The van der Waals surface area contributed by atoms with Gasteiger partial charge in [0.15, 0.2) is 17.6 Å². The molecule has 1 heterocycles. The second-order valence-electron chi connectivity index (χ2n) is 6.21. The van der Waals surface area contributed by atoms with Gasteiger partial charge in [-0.2, -0.15) is 0 Å². The highest BCUT2D eigenvalue weighted by atomic mass is 16.7. The number of ether oxygens (including phenoxy) is 3. The summed E-state index contributed by atoms with van der Waals surface area (Å²) in [6.07, 6.45) is -0.962. The van der Waals surface area contributed by atoms with Crippen molar-refractivity contribution in [2.24, 2.45) is 0 Å². The number of esters is 1. The Hall–Kier alpha value is -3.55. The first-order chi connectivity index (χ1) is 13.4. The Kier molecular flexibility index (Phi) is 5.78. The maximum Gasteiger partial charge on any atom is 0.338 e. The number of amides is 2. The fourth-order valence-corrected chi connectivity index (χ4v) is 2.56. The van der Waals surface area contributed by atoms with E-state index in [2.05, 4.69) is 10.6 Å². The lowest BCUT2D eigenvalue weighted by molar-refractivity contribution is -0.129. The highest BCUT2D eigenvalue weighted by Gasteiger charge is 2.19. The van der Waals surface area contributed by atoms with Crippen LogP contribution in [0.1, 0.15) is 29.8 Å².